The van der Waals surface area contributed by atoms with Gasteiger partial charge in [-0.05, 0) is 52.2 Å². The zero-order chi connectivity index (χ0) is 18.3. The van der Waals surface area contributed by atoms with Gasteiger partial charge in [0, 0.05) is 22.6 Å². The predicted octanol–water partition coefficient (Wildman–Crippen LogP) is 6.90. The minimum absolute atomic E-state index is 0.126. The Labute approximate surface area is 167 Å². The van der Waals surface area contributed by atoms with Crippen LogP contribution in [0.15, 0.2) is 71.0 Å². The van der Waals surface area contributed by atoms with Crippen LogP contribution in [0, 0.1) is 0 Å². The van der Waals surface area contributed by atoms with Gasteiger partial charge in [-0.3, -0.25) is 0 Å². The van der Waals surface area contributed by atoms with Crippen LogP contribution in [0.1, 0.15) is 23.8 Å². The third kappa shape index (κ3) is 2.80. The van der Waals surface area contributed by atoms with Crippen molar-refractivity contribution >= 4 is 55.5 Å². The zero-order valence-electron chi connectivity index (χ0n) is 15.0. The maximum absolute atomic E-state index is 4.15. The van der Waals surface area contributed by atoms with Gasteiger partial charge in [-0.1, -0.05) is 52.8 Å². The highest BCUT2D eigenvalue weighted by atomic mass is 79.9. The fraction of sp³-hybridized carbons (Fsp3) is 0.174. The molecule has 0 fully saturated rings. The number of halogens is 1. The number of fused-ring (bicyclic) bond motifs is 3. The number of hydrogen-bond donors (Lipinski definition) is 0. The summed E-state index contributed by atoms with van der Waals surface area (Å²) in [6, 6.07) is 17.4. The van der Waals surface area contributed by atoms with E-state index in [2.05, 4.69) is 107 Å². The first-order valence-corrected chi connectivity index (χ1v) is 10.4. The molecule has 0 saturated carbocycles. The van der Waals surface area contributed by atoms with Gasteiger partial charge >= 0.3 is 0 Å². The molecule has 3 aromatic rings. The second-order valence-corrected chi connectivity index (χ2v) is 9.10. The Kier molecular flexibility index (Phi) is 4.45. The van der Waals surface area contributed by atoms with E-state index >= 15 is 0 Å². The van der Waals surface area contributed by atoms with Gasteiger partial charge in [-0.15, -0.1) is 11.3 Å². The molecule has 2 heterocycles. The van der Waals surface area contributed by atoms with E-state index < -0.39 is 0 Å². The van der Waals surface area contributed by atoms with E-state index in [-0.39, 0.29) is 5.41 Å². The summed E-state index contributed by atoms with van der Waals surface area (Å²) in [4.78, 5) is 1.27. The zero-order valence-corrected chi connectivity index (χ0v) is 17.4. The average molecular weight is 423 g/mol. The Balaban J connectivity index is 1.94. The Morgan fingerprint density at radius 1 is 1.15 bits per heavy atom. The van der Waals surface area contributed by atoms with Gasteiger partial charge in [0.15, 0.2) is 5.71 Å². The lowest BCUT2D eigenvalue weighted by molar-refractivity contribution is -0.401. The van der Waals surface area contributed by atoms with E-state index in [1.54, 1.807) is 11.3 Å². The third-order valence-electron chi connectivity index (χ3n) is 5.24. The van der Waals surface area contributed by atoms with Crippen LogP contribution in [0.25, 0.3) is 16.8 Å². The number of benzene rings is 2. The molecular formula is C23H21BrNS+. The first-order valence-electron chi connectivity index (χ1n) is 8.69. The Morgan fingerprint density at radius 3 is 2.69 bits per heavy atom. The van der Waals surface area contributed by atoms with E-state index in [9.17, 15) is 0 Å². The fourth-order valence-corrected chi connectivity index (χ4v) is 5.33. The van der Waals surface area contributed by atoms with Crippen LogP contribution in [0.2, 0.25) is 0 Å². The normalized spacial score (nSPS) is 19.5. The van der Waals surface area contributed by atoms with E-state index in [1.165, 1.54) is 32.6 Å². The first kappa shape index (κ1) is 17.4. The molecule has 0 N–H and O–H groups in total. The number of thiophene rings is 1. The molecule has 130 valence electrons. The molecule has 3 heteroatoms. The Morgan fingerprint density at radius 2 is 1.96 bits per heavy atom. The van der Waals surface area contributed by atoms with Crippen molar-refractivity contribution in [1.29, 1.82) is 0 Å². The van der Waals surface area contributed by atoms with E-state index in [1.807, 2.05) is 0 Å². The number of nitrogens with zero attached hydrogens (tertiary/aromatic N) is 1. The molecule has 0 saturated heterocycles. The van der Waals surface area contributed by atoms with Gasteiger partial charge in [0.25, 0.3) is 0 Å². The maximum Gasteiger partial charge on any atom is 0.210 e. The second kappa shape index (κ2) is 6.64. The highest BCUT2D eigenvalue weighted by molar-refractivity contribution is 9.11. The fourth-order valence-electron chi connectivity index (χ4n) is 4.15. The second-order valence-electron chi connectivity index (χ2n) is 7.00. The van der Waals surface area contributed by atoms with Crippen molar-refractivity contribution in [2.75, 3.05) is 7.05 Å². The number of rotatable bonds is 4. The van der Waals surface area contributed by atoms with Crippen molar-refractivity contribution in [1.82, 2.24) is 0 Å². The van der Waals surface area contributed by atoms with Crippen LogP contribution in [-0.4, -0.2) is 17.3 Å². The largest absolute Gasteiger partial charge is 0.210 e. The summed E-state index contributed by atoms with van der Waals surface area (Å²) in [6.07, 6.45) is 5.36. The summed E-state index contributed by atoms with van der Waals surface area (Å²) in [6.45, 7) is 6.48. The van der Waals surface area contributed by atoms with Crippen LogP contribution < -0.4 is 0 Å². The van der Waals surface area contributed by atoms with Gasteiger partial charge in [-0.2, -0.15) is 4.58 Å². The standard InChI is InChI=1S/C23H21BrNS/c1-16(24)15-23(2)21(13-11-18-8-6-14-26-18)25(3)20-12-10-17-7-4-5-9-19(17)22(20)23/h4-14H,1,15H2,2-3H3/q+1. The first-order chi connectivity index (χ1) is 12.5. The smallest absolute Gasteiger partial charge is 0.198 e. The third-order valence-corrected chi connectivity index (χ3v) is 6.36. The molecule has 0 spiro atoms. The summed E-state index contributed by atoms with van der Waals surface area (Å²) < 4.78 is 3.36. The van der Waals surface area contributed by atoms with Crippen LogP contribution in [0.3, 0.4) is 0 Å². The topological polar surface area (TPSA) is 3.01 Å². The van der Waals surface area contributed by atoms with Crippen LogP contribution in [0.4, 0.5) is 5.69 Å². The maximum atomic E-state index is 4.15. The lowest BCUT2D eigenvalue weighted by Gasteiger charge is -2.23. The summed E-state index contributed by atoms with van der Waals surface area (Å²) >= 11 is 5.39. The summed E-state index contributed by atoms with van der Waals surface area (Å²) in [5.74, 6) is 0. The lowest BCUT2D eigenvalue weighted by Crippen LogP contribution is -2.30. The van der Waals surface area contributed by atoms with Crippen LogP contribution in [0.5, 0.6) is 0 Å². The number of allylic oxidation sites excluding steroid dienone is 2. The van der Waals surface area contributed by atoms with Crippen molar-refractivity contribution in [2.45, 2.75) is 18.8 Å². The van der Waals surface area contributed by atoms with Gasteiger partial charge in [0.05, 0.1) is 5.41 Å². The van der Waals surface area contributed by atoms with Crippen molar-refractivity contribution < 1.29 is 4.58 Å². The molecule has 0 radical (unpaired) electrons. The monoisotopic (exact) mass is 422 g/mol. The van der Waals surface area contributed by atoms with Crippen LogP contribution >= 0.6 is 27.3 Å². The van der Waals surface area contributed by atoms with Gasteiger partial charge in [0.1, 0.15) is 7.05 Å². The van der Waals surface area contributed by atoms with Gasteiger partial charge < -0.3 is 0 Å². The molecule has 1 nitrogen and oxygen atoms in total. The molecule has 4 rings (SSSR count). The Bertz CT molecular complexity index is 1060. The van der Waals surface area contributed by atoms with Gasteiger partial charge in [0.2, 0.25) is 5.69 Å². The molecular weight excluding hydrogens is 402 g/mol. The molecule has 0 bridgehead atoms. The SMILES string of the molecule is C=C(Br)CC1(C)C(C=Cc2cccs2)=[N+](C)c2ccc3ccccc3c21. The van der Waals surface area contributed by atoms with E-state index in [4.69, 9.17) is 0 Å². The molecule has 1 aliphatic rings. The van der Waals surface area contributed by atoms with Crippen LogP contribution in [-0.2, 0) is 5.41 Å². The molecule has 0 amide bonds. The average Bonchev–Trinajstić information content (AvgIpc) is 3.19. The minimum Gasteiger partial charge on any atom is -0.198 e. The molecule has 1 atom stereocenters. The highest BCUT2D eigenvalue weighted by Crippen LogP contribution is 2.47. The van der Waals surface area contributed by atoms with Gasteiger partial charge in [-0.25, -0.2) is 0 Å². The molecule has 2 aromatic carbocycles. The van der Waals surface area contributed by atoms with Crippen molar-refractivity contribution in [3.05, 3.63) is 81.5 Å². The molecule has 26 heavy (non-hydrogen) atoms. The Hall–Kier alpha value is -1.97. The molecule has 0 aliphatic carbocycles. The van der Waals surface area contributed by atoms with E-state index in [0.717, 1.165) is 10.9 Å². The van der Waals surface area contributed by atoms with Crippen molar-refractivity contribution in [3.63, 3.8) is 0 Å². The minimum atomic E-state index is -0.126. The molecule has 1 aliphatic heterocycles. The number of hydrogen-bond acceptors (Lipinski definition) is 1. The molecule has 1 unspecified atom stereocenters. The van der Waals surface area contributed by atoms with Crippen molar-refractivity contribution in [3.8, 4) is 0 Å². The predicted molar refractivity (Wildman–Crippen MR) is 118 cm³/mol. The summed E-state index contributed by atoms with van der Waals surface area (Å²) in [5.41, 5.74) is 3.85. The summed E-state index contributed by atoms with van der Waals surface area (Å²) in [7, 11) is 2.17. The molecule has 1 aromatic heterocycles. The summed E-state index contributed by atoms with van der Waals surface area (Å²) in [5, 5.41) is 4.73. The van der Waals surface area contributed by atoms with E-state index in [0.29, 0.717) is 0 Å². The lowest BCUT2D eigenvalue weighted by atomic mass is 9.74. The highest BCUT2D eigenvalue weighted by Gasteiger charge is 2.47. The van der Waals surface area contributed by atoms with Crippen molar-refractivity contribution in [2.24, 2.45) is 0 Å². The quantitative estimate of drug-likeness (QED) is 0.402.